The van der Waals surface area contributed by atoms with Gasteiger partial charge >= 0.3 is 0 Å². The van der Waals surface area contributed by atoms with Crippen LogP contribution in [0.2, 0.25) is 0 Å². The highest BCUT2D eigenvalue weighted by Crippen LogP contribution is 2.23. The van der Waals surface area contributed by atoms with Gasteiger partial charge in [-0.3, -0.25) is 14.3 Å². The lowest BCUT2D eigenvalue weighted by molar-refractivity contribution is 0.0383. The van der Waals surface area contributed by atoms with Crippen molar-refractivity contribution in [3.63, 3.8) is 0 Å². The SMILES string of the molecule is CC(Oc1ccc(-n2cnc3cc(C(=O)NCCN4CCOCC4)ccc32)cc1)C(C)Oc1ccccn1. The van der Waals surface area contributed by atoms with Gasteiger partial charge in [-0.1, -0.05) is 6.07 Å². The molecule has 9 nitrogen and oxygen atoms in total. The smallest absolute Gasteiger partial charge is 0.251 e. The van der Waals surface area contributed by atoms with E-state index in [9.17, 15) is 4.79 Å². The van der Waals surface area contributed by atoms with E-state index in [-0.39, 0.29) is 18.1 Å². The van der Waals surface area contributed by atoms with Gasteiger partial charge in [0, 0.05) is 49.7 Å². The number of rotatable bonds is 10. The molecule has 9 heteroatoms. The van der Waals surface area contributed by atoms with Gasteiger partial charge in [-0.2, -0.15) is 0 Å². The summed E-state index contributed by atoms with van der Waals surface area (Å²) in [6, 6.07) is 19.0. The van der Waals surface area contributed by atoms with Crippen LogP contribution in [0, 0.1) is 0 Å². The average molecular weight is 516 g/mol. The lowest BCUT2D eigenvalue weighted by atomic mass is 10.2. The van der Waals surface area contributed by atoms with Gasteiger partial charge in [-0.05, 0) is 62.4 Å². The number of pyridine rings is 1. The standard InChI is InChI=1S/C29H33N5O4/c1-21(22(2)38-28-5-3-4-12-30-28)37-25-9-7-24(8-10-25)34-20-32-26-19-23(6-11-27(26)34)29(35)31-13-14-33-15-17-36-18-16-33/h3-12,19-22H,13-18H2,1-2H3,(H,31,35). The molecule has 1 fully saturated rings. The second kappa shape index (κ2) is 12.1. The van der Waals surface area contributed by atoms with Gasteiger partial charge in [0.2, 0.25) is 5.88 Å². The van der Waals surface area contributed by atoms with E-state index < -0.39 is 0 Å². The third-order valence-corrected chi connectivity index (χ3v) is 6.67. The van der Waals surface area contributed by atoms with Crippen LogP contribution < -0.4 is 14.8 Å². The number of ether oxygens (including phenoxy) is 3. The molecule has 1 saturated heterocycles. The Morgan fingerprint density at radius 2 is 1.79 bits per heavy atom. The summed E-state index contributed by atoms with van der Waals surface area (Å²) in [6.45, 7) is 8.68. The summed E-state index contributed by atoms with van der Waals surface area (Å²) in [7, 11) is 0. The maximum Gasteiger partial charge on any atom is 0.251 e. The highest BCUT2D eigenvalue weighted by molar-refractivity contribution is 5.97. The van der Waals surface area contributed by atoms with Crippen molar-refractivity contribution in [3.05, 3.63) is 78.8 Å². The second-order valence-corrected chi connectivity index (χ2v) is 9.34. The van der Waals surface area contributed by atoms with E-state index in [1.54, 1.807) is 12.5 Å². The number of morpholine rings is 1. The topological polar surface area (TPSA) is 90.7 Å². The third-order valence-electron chi connectivity index (χ3n) is 6.67. The molecule has 1 N–H and O–H groups in total. The summed E-state index contributed by atoms with van der Waals surface area (Å²) >= 11 is 0. The Morgan fingerprint density at radius 1 is 1.00 bits per heavy atom. The molecule has 198 valence electrons. The summed E-state index contributed by atoms with van der Waals surface area (Å²) in [5, 5.41) is 3.01. The van der Waals surface area contributed by atoms with Crippen molar-refractivity contribution in [1.82, 2.24) is 24.8 Å². The number of hydrogen-bond acceptors (Lipinski definition) is 7. The zero-order valence-electron chi connectivity index (χ0n) is 21.7. The predicted octanol–water partition coefficient (Wildman–Crippen LogP) is 3.72. The Balaban J connectivity index is 1.18. The van der Waals surface area contributed by atoms with Crippen molar-refractivity contribution in [2.24, 2.45) is 0 Å². The molecule has 2 aromatic carbocycles. The molecule has 0 aliphatic carbocycles. The molecule has 2 unspecified atom stereocenters. The van der Waals surface area contributed by atoms with E-state index in [1.807, 2.05) is 79.1 Å². The van der Waals surface area contributed by atoms with Crippen LogP contribution >= 0.6 is 0 Å². The molecule has 38 heavy (non-hydrogen) atoms. The Kier molecular flexibility index (Phi) is 8.15. The Labute approximate surface area is 222 Å². The van der Waals surface area contributed by atoms with Gasteiger partial charge in [0.05, 0.1) is 24.2 Å². The summed E-state index contributed by atoms with van der Waals surface area (Å²) in [5.41, 5.74) is 3.24. The summed E-state index contributed by atoms with van der Waals surface area (Å²) in [4.78, 5) is 23.7. The fourth-order valence-corrected chi connectivity index (χ4v) is 4.31. The molecular weight excluding hydrogens is 482 g/mol. The minimum Gasteiger partial charge on any atom is -0.487 e. The molecule has 1 aliphatic heterocycles. The van der Waals surface area contributed by atoms with E-state index in [0.717, 1.165) is 55.3 Å². The van der Waals surface area contributed by atoms with Crippen LogP contribution in [0.3, 0.4) is 0 Å². The largest absolute Gasteiger partial charge is 0.487 e. The number of carbonyl (C=O) groups excluding carboxylic acids is 1. The fraction of sp³-hybridized carbons (Fsp3) is 0.345. The number of nitrogens with zero attached hydrogens (tertiary/aromatic N) is 4. The molecule has 4 aromatic rings. The van der Waals surface area contributed by atoms with Crippen LogP contribution in [0.15, 0.2) is 73.2 Å². The Bertz CT molecular complexity index is 1340. The number of carbonyl (C=O) groups is 1. The minimum atomic E-state index is -0.173. The molecule has 2 aromatic heterocycles. The fourth-order valence-electron chi connectivity index (χ4n) is 4.31. The van der Waals surface area contributed by atoms with E-state index in [1.165, 1.54) is 0 Å². The van der Waals surface area contributed by atoms with Crippen LogP contribution in [0.25, 0.3) is 16.7 Å². The van der Waals surface area contributed by atoms with Gasteiger partial charge in [-0.25, -0.2) is 9.97 Å². The van der Waals surface area contributed by atoms with Gasteiger partial charge in [0.1, 0.15) is 24.3 Å². The first-order chi connectivity index (χ1) is 18.6. The third kappa shape index (κ3) is 6.30. The van der Waals surface area contributed by atoms with Gasteiger partial charge < -0.3 is 19.5 Å². The van der Waals surface area contributed by atoms with Crippen molar-refractivity contribution < 1.29 is 19.0 Å². The molecule has 5 rings (SSSR count). The Hall–Kier alpha value is -3.95. The van der Waals surface area contributed by atoms with Crippen LogP contribution in [0.4, 0.5) is 0 Å². The van der Waals surface area contributed by atoms with Crippen LogP contribution in [-0.4, -0.2) is 76.9 Å². The predicted molar refractivity (Wildman–Crippen MR) is 145 cm³/mol. The van der Waals surface area contributed by atoms with Crippen molar-refractivity contribution in [2.45, 2.75) is 26.1 Å². The lowest BCUT2D eigenvalue weighted by Crippen LogP contribution is -2.41. The first kappa shape index (κ1) is 25.7. The zero-order valence-corrected chi connectivity index (χ0v) is 21.7. The maximum absolute atomic E-state index is 12.7. The molecule has 2 atom stereocenters. The first-order valence-electron chi connectivity index (χ1n) is 13.0. The first-order valence-corrected chi connectivity index (χ1v) is 13.0. The molecule has 1 aliphatic rings. The monoisotopic (exact) mass is 515 g/mol. The van der Waals surface area contributed by atoms with Gasteiger partial charge in [-0.15, -0.1) is 0 Å². The highest BCUT2D eigenvalue weighted by Gasteiger charge is 2.17. The number of hydrogen-bond donors (Lipinski definition) is 1. The molecule has 0 saturated carbocycles. The quantitative estimate of drug-likeness (QED) is 0.344. The van der Waals surface area contributed by atoms with Gasteiger partial charge in [0.25, 0.3) is 5.91 Å². The van der Waals surface area contributed by atoms with Crippen LogP contribution in [0.1, 0.15) is 24.2 Å². The lowest BCUT2D eigenvalue weighted by Gasteiger charge is -2.26. The maximum atomic E-state index is 12.7. The Morgan fingerprint density at radius 3 is 2.55 bits per heavy atom. The second-order valence-electron chi connectivity index (χ2n) is 9.34. The molecule has 0 bridgehead atoms. The van der Waals surface area contributed by atoms with E-state index in [0.29, 0.717) is 18.0 Å². The number of aromatic nitrogens is 3. The number of fused-ring (bicyclic) bond motifs is 1. The summed E-state index contributed by atoms with van der Waals surface area (Å²) < 4.78 is 19.3. The molecule has 0 radical (unpaired) electrons. The molecule has 0 spiro atoms. The summed E-state index contributed by atoms with van der Waals surface area (Å²) in [5.74, 6) is 1.23. The van der Waals surface area contributed by atoms with Crippen LogP contribution in [-0.2, 0) is 4.74 Å². The normalized spacial score (nSPS) is 15.6. The number of nitrogens with one attached hydrogen (secondary N) is 1. The van der Waals surface area contributed by atoms with E-state index in [2.05, 4.69) is 20.2 Å². The minimum absolute atomic E-state index is 0.0911. The van der Waals surface area contributed by atoms with E-state index >= 15 is 0 Å². The number of amides is 1. The van der Waals surface area contributed by atoms with Crippen molar-refractivity contribution in [3.8, 4) is 17.3 Å². The van der Waals surface area contributed by atoms with Crippen LogP contribution in [0.5, 0.6) is 11.6 Å². The number of imidazole rings is 1. The van der Waals surface area contributed by atoms with E-state index in [4.69, 9.17) is 14.2 Å². The molecule has 1 amide bonds. The highest BCUT2D eigenvalue weighted by atomic mass is 16.5. The van der Waals surface area contributed by atoms with Crippen molar-refractivity contribution >= 4 is 16.9 Å². The number of benzene rings is 2. The van der Waals surface area contributed by atoms with Crippen molar-refractivity contribution in [2.75, 3.05) is 39.4 Å². The van der Waals surface area contributed by atoms with Crippen molar-refractivity contribution in [1.29, 1.82) is 0 Å². The molecule has 3 heterocycles. The summed E-state index contributed by atoms with van der Waals surface area (Å²) in [6.07, 6.45) is 3.13. The zero-order chi connectivity index (χ0) is 26.3. The van der Waals surface area contributed by atoms with Gasteiger partial charge in [0.15, 0.2) is 0 Å². The average Bonchev–Trinajstić information content (AvgIpc) is 3.38. The molecular formula is C29H33N5O4.